The van der Waals surface area contributed by atoms with Crippen molar-refractivity contribution in [3.8, 4) is 11.5 Å². The molecule has 0 bridgehead atoms. The van der Waals surface area contributed by atoms with Gasteiger partial charge in [0.15, 0.2) is 11.6 Å². The van der Waals surface area contributed by atoms with E-state index in [1.54, 1.807) is 24.4 Å². The number of ether oxygens (including phenoxy) is 1. The quantitative estimate of drug-likeness (QED) is 0.912. The second kappa shape index (κ2) is 5.80. The number of benzene rings is 1. The van der Waals surface area contributed by atoms with E-state index in [0.717, 1.165) is 11.3 Å². The lowest BCUT2D eigenvalue weighted by atomic mass is 10.1. The maximum Gasteiger partial charge on any atom is 0.166 e. The van der Waals surface area contributed by atoms with Gasteiger partial charge in [-0.25, -0.2) is 4.39 Å². The van der Waals surface area contributed by atoms with Crippen LogP contribution in [0.2, 0.25) is 0 Å². The summed E-state index contributed by atoms with van der Waals surface area (Å²) in [5.41, 5.74) is 1.62. The fraction of sp³-hybridized carbons (Fsp3) is 0.267. The van der Waals surface area contributed by atoms with Crippen LogP contribution >= 0.6 is 0 Å². The van der Waals surface area contributed by atoms with Gasteiger partial charge in [-0.15, -0.1) is 0 Å². The van der Waals surface area contributed by atoms with Crippen LogP contribution in [-0.4, -0.2) is 12.0 Å². The van der Waals surface area contributed by atoms with Gasteiger partial charge in [0.05, 0.1) is 5.69 Å². The average molecular weight is 260 g/mol. The molecule has 0 fully saturated rings. The molecule has 0 aliphatic rings. The van der Waals surface area contributed by atoms with Crippen LogP contribution < -0.4 is 10.1 Å². The van der Waals surface area contributed by atoms with Gasteiger partial charge in [-0.3, -0.25) is 4.98 Å². The van der Waals surface area contributed by atoms with E-state index in [-0.39, 0.29) is 17.6 Å². The molecule has 1 aromatic heterocycles. The minimum Gasteiger partial charge on any atom is -0.452 e. The number of rotatable bonds is 4. The molecule has 0 saturated heterocycles. The van der Waals surface area contributed by atoms with Crippen LogP contribution in [0, 0.1) is 12.7 Å². The predicted molar refractivity (Wildman–Crippen MR) is 72.9 cm³/mol. The van der Waals surface area contributed by atoms with Crippen molar-refractivity contribution in [1.29, 1.82) is 0 Å². The standard InChI is InChI=1S/C15H17FN2O/c1-10(17-3)12-6-7-15(13(16)9-12)19-14-5-4-8-18-11(14)2/h4-10,17H,1-3H3. The van der Waals surface area contributed by atoms with Gasteiger partial charge in [0, 0.05) is 12.2 Å². The largest absolute Gasteiger partial charge is 0.452 e. The Morgan fingerprint density at radius 2 is 2.05 bits per heavy atom. The normalized spacial score (nSPS) is 12.2. The van der Waals surface area contributed by atoms with Crippen molar-refractivity contribution in [1.82, 2.24) is 10.3 Å². The first-order valence-electron chi connectivity index (χ1n) is 6.18. The molecule has 0 amide bonds. The molecule has 0 radical (unpaired) electrons. The number of pyridine rings is 1. The number of hydrogen-bond acceptors (Lipinski definition) is 3. The zero-order valence-electron chi connectivity index (χ0n) is 11.3. The predicted octanol–water partition coefficient (Wildman–Crippen LogP) is 3.60. The van der Waals surface area contributed by atoms with Gasteiger partial charge in [-0.05, 0) is 50.7 Å². The summed E-state index contributed by atoms with van der Waals surface area (Å²) >= 11 is 0. The Kier molecular flexibility index (Phi) is 4.12. The summed E-state index contributed by atoms with van der Waals surface area (Å²) in [6.45, 7) is 3.80. The van der Waals surface area contributed by atoms with E-state index < -0.39 is 0 Å². The maximum atomic E-state index is 14.0. The van der Waals surface area contributed by atoms with Crippen molar-refractivity contribution >= 4 is 0 Å². The van der Waals surface area contributed by atoms with Gasteiger partial charge < -0.3 is 10.1 Å². The molecule has 1 unspecified atom stereocenters. The Balaban J connectivity index is 2.25. The molecule has 0 aliphatic carbocycles. The van der Waals surface area contributed by atoms with E-state index in [1.807, 2.05) is 27.0 Å². The maximum absolute atomic E-state index is 14.0. The van der Waals surface area contributed by atoms with Gasteiger partial charge in [-0.2, -0.15) is 0 Å². The van der Waals surface area contributed by atoms with Crippen molar-refractivity contribution in [3.63, 3.8) is 0 Å². The van der Waals surface area contributed by atoms with Crippen molar-refractivity contribution < 1.29 is 9.13 Å². The van der Waals surface area contributed by atoms with E-state index in [9.17, 15) is 4.39 Å². The van der Waals surface area contributed by atoms with E-state index in [0.29, 0.717) is 5.75 Å². The van der Waals surface area contributed by atoms with Crippen molar-refractivity contribution in [2.45, 2.75) is 19.9 Å². The molecule has 3 nitrogen and oxygen atoms in total. The summed E-state index contributed by atoms with van der Waals surface area (Å²) in [4.78, 5) is 4.11. The summed E-state index contributed by atoms with van der Waals surface area (Å²) in [6, 6.07) is 8.62. The Morgan fingerprint density at radius 3 is 2.68 bits per heavy atom. The fourth-order valence-corrected chi connectivity index (χ4v) is 1.73. The summed E-state index contributed by atoms with van der Waals surface area (Å²) in [6.07, 6.45) is 1.68. The lowest BCUT2D eigenvalue weighted by Crippen LogP contribution is -2.12. The van der Waals surface area contributed by atoms with E-state index in [1.165, 1.54) is 6.07 Å². The first-order chi connectivity index (χ1) is 9.11. The average Bonchev–Trinajstić information content (AvgIpc) is 2.42. The van der Waals surface area contributed by atoms with E-state index in [2.05, 4.69) is 10.3 Å². The third-order valence-electron chi connectivity index (χ3n) is 3.07. The van der Waals surface area contributed by atoms with Crippen LogP contribution in [-0.2, 0) is 0 Å². The van der Waals surface area contributed by atoms with Crippen LogP contribution in [0.15, 0.2) is 36.5 Å². The minimum absolute atomic E-state index is 0.101. The van der Waals surface area contributed by atoms with Crippen LogP contribution in [0.3, 0.4) is 0 Å². The summed E-state index contributed by atoms with van der Waals surface area (Å²) in [7, 11) is 1.84. The molecule has 0 saturated carbocycles. The molecular weight excluding hydrogens is 243 g/mol. The minimum atomic E-state index is -0.372. The number of nitrogens with zero attached hydrogens (tertiary/aromatic N) is 1. The number of aromatic nitrogens is 1. The number of halogens is 1. The lowest BCUT2D eigenvalue weighted by Gasteiger charge is -2.13. The third kappa shape index (κ3) is 3.09. The molecule has 100 valence electrons. The first kappa shape index (κ1) is 13.5. The molecular formula is C15H17FN2O. The second-order valence-electron chi connectivity index (χ2n) is 4.39. The molecule has 1 aromatic carbocycles. The molecule has 0 aliphatic heterocycles. The Morgan fingerprint density at radius 1 is 1.26 bits per heavy atom. The Labute approximate surface area is 112 Å². The number of hydrogen-bond donors (Lipinski definition) is 1. The van der Waals surface area contributed by atoms with Crippen LogP contribution in [0.1, 0.15) is 24.2 Å². The number of nitrogens with one attached hydrogen (secondary N) is 1. The summed E-state index contributed by atoms with van der Waals surface area (Å²) in [5, 5.41) is 3.07. The highest BCUT2D eigenvalue weighted by Gasteiger charge is 2.10. The zero-order valence-corrected chi connectivity index (χ0v) is 11.3. The molecule has 1 heterocycles. The van der Waals surface area contributed by atoms with Gasteiger partial charge in [0.25, 0.3) is 0 Å². The number of aryl methyl sites for hydroxylation is 1. The van der Waals surface area contributed by atoms with E-state index >= 15 is 0 Å². The first-order valence-corrected chi connectivity index (χ1v) is 6.18. The highest BCUT2D eigenvalue weighted by Crippen LogP contribution is 2.27. The van der Waals surface area contributed by atoms with Crippen LogP contribution in [0.4, 0.5) is 4.39 Å². The molecule has 1 N–H and O–H groups in total. The molecule has 19 heavy (non-hydrogen) atoms. The van der Waals surface area contributed by atoms with Gasteiger partial charge >= 0.3 is 0 Å². The van der Waals surface area contributed by atoms with Crippen molar-refractivity contribution in [3.05, 3.63) is 53.6 Å². The molecule has 1 atom stereocenters. The highest BCUT2D eigenvalue weighted by atomic mass is 19.1. The van der Waals surface area contributed by atoms with Crippen LogP contribution in [0.5, 0.6) is 11.5 Å². The molecule has 0 spiro atoms. The fourth-order valence-electron chi connectivity index (χ4n) is 1.73. The second-order valence-corrected chi connectivity index (χ2v) is 4.39. The SMILES string of the molecule is CNC(C)c1ccc(Oc2cccnc2C)c(F)c1. The van der Waals surface area contributed by atoms with E-state index in [4.69, 9.17) is 4.74 Å². The smallest absolute Gasteiger partial charge is 0.166 e. The summed E-state index contributed by atoms with van der Waals surface area (Å²) in [5.74, 6) is 0.404. The van der Waals surface area contributed by atoms with Crippen molar-refractivity contribution in [2.24, 2.45) is 0 Å². The van der Waals surface area contributed by atoms with Gasteiger partial charge in [0.2, 0.25) is 0 Å². The molecule has 2 aromatic rings. The Hall–Kier alpha value is -1.94. The monoisotopic (exact) mass is 260 g/mol. The lowest BCUT2D eigenvalue weighted by molar-refractivity contribution is 0.436. The molecule has 4 heteroatoms. The topological polar surface area (TPSA) is 34.1 Å². The summed E-state index contributed by atoms with van der Waals surface area (Å²) < 4.78 is 19.5. The van der Waals surface area contributed by atoms with Gasteiger partial charge in [0.1, 0.15) is 5.75 Å². The molecule has 2 rings (SSSR count). The van der Waals surface area contributed by atoms with Gasteiger partial charge in [-0.1, -0.05) is 6.07 Å². The zero-order chi connectivity index (χ0) is 13.8. The Bertz CT molecular complexity index is 572. The van der Waals surface area contributed by atoms with Crippen LogP contribution in [0.25, 0.3) is 0 Å². The van der Waals surface area contributed by atoms with Crippen molar-refractivity contribution in [2.75, 3.05) is 7.05 Å². The highest BCUT2D eigenvalue weighted by molar-refractivity contribution is 5.36. The third-order valence-corrected chi connectivity index (χ3v) is 3.07.